The maximum absolute atomic E-state index is 11.7. The van der Waals surface area contributed by atoms with E-state index in [4.69, 9.17) is 9.47 Å². The smallest absolute Gasteiger partial charge is 0.326 e. The molecule has 1 rings (SSSR count). The molecule has 1 N–H and O–H groups in total. The average molecular weight is 265 g/mol. The molecular formula is C15H23NO3. The number of aryl methyl sites for hydroxylation is 1. The molecule has 0 fully saturated rings. The summed E-state index contributed by atoms with van der Waals surface area (Å²) < 4.78 is 10.7. The summed E-state index contributed by atoms with van der Waals surface area (Å²) in [5, 5.41) is 3.07. The van der Waals surface area contributed by atoms with E-state index in [-0.39, 0.29) is 12.6 Å². The zero-order valence-corrected chi connectivity index (χ0v) is 11.9. The molecule has 0 aliphatic heterocycles. The fourth-order valence-electron chi connectivity index (χ4n) is 1.73. The van der Waals surface area contributed by atoms with E-state index in [1.54, 1.807) is 6.92 Å². The summed E-state index contributed by atoms with van der Waals surface area (Å²) in [6, 6.07) is 7.48. The fraction of sp³-hybridized carbons (Fsp3) is 0.533. The molecule has 0 bridgehead atoms. The predicted molar refractivity (Wildman–Crippen MR) is 75.4 cm³/mol. The lowest BCUT2D eigenvalue weighted by molar-refractivity contribution is -0.146. The molecule has 1 aromatic carbocycles. The van der Waals surface area contributed by atoms with Gasteiger partial charge in [-0.15, -0.1) is 0 Å². The Balaban J connectivity index is 2.57. The molecule has 0 amide bonds. The minimum Gasteiger partial charge on any atom is -0.491 e. The minimum absolute atomic E-state index is 0.268. The van der Waals surface area contributed by atoms with E-state index in [1.807, 2.05) is 25.1 Å². The molecule has 106 valence electrons. The molecule has 1 unspecified atom stereocenters. The van der Waals surface area contributed by atoms with Crippen LogP contribution >= 0.6 is 0 Å². The van der Waals surface area contributed by atoms with Crippen molar-refractivity contribution in [3.8, 4) is 5.75 Å². The van der Waals surface area contributed by atoms with Crippen molar-refractivity contribution in [1.29, 1.82) is 0 Å². The van der Waals surface area contributed by atoms with Gasteiger partial charge in [0.2, 0.25) is 0 Å². The van der Waals surface area contributed by atoms with E-state index in [1.165, 1.54) is 5.56 Å². The Hall–Kier alpha value is -1.55. The highest BCUT2D eigenvalue weighted by molar-refractivity contribution is 5.76. The molecule has 1 aromatic rings. The highest BCUT2D eigenvalue weighted by atomic mass is 16.5. The Morgan fingerprint density at radius 1 is 1.32 bits per heavy atom. The molecule has 19 heavy (non-hydrogen) atoms. The topological polar surface area (TPSA) is 47.6 Å². The second-order valence-corrected chi connectivity index (χ2v) is 4.17. The van der Waals surface area contributed by atoms with E-state index in [0.717, 1.165) is 12.2 Å². The maximum Gasteiger partial charge on any atom is 0.326 e. The van der Waals surface area contributed by atoms with Gasteiger partial charge in [0.05, 0.1) is 6.61 Å². The second kappa shape index (κ2) is 8.53. The molecule has 0 aromatic heterocycles. The number of nitrogens with one attached hydrogen (secondary N) is 1. The molecule has 0 aliphatic carbocycles. The van der Waals surface area contributed by atoms with Crippen molar-refractivity contribution < 1.29 is 14.3 Å². The Morgan fingerprint density at radius 3 is 2.74 bits per heavy atom. The summed E-state index contributed by atoms with van der Waals surface area (Å²) in [5.74, 6) is 0.516. The first-order valence-corrected chi connectivity index (χ1v) is 6.83. The summed E-state index contributed by atoms with van der Waals surface area (Å²) in [4.78, 5) is 11.7. The van der Waals surface area contributed by atoms with Crippen LogP contribution in [-0.4, -0.2) is 31.8 Å². The van der Waals surface area contributed by atoms with Crippen molar-refractivity contribution in [2.75, 3.05) is 19.8 Å². The first-order chi connectivity index (χ1) is 9.21. The van der Waals surface area contributed by atoms with Gasteiger partial charge in [-0.3, -0.25) is 4.79 Å². The lowest BCUT2D eigenvalue weighted by atomic mass is 10.2. The highest BCUT2D eigenvalue weighted by Crippen LogP contribution is 2.14. The van der Waals surface area contributed by atoms with E-state index >= 15 is 0 Å². The summed E-state index contributed by atoms with van der Waals surface area (Å²) in [6.45, 7) is 7.20. The van der Waals surface area contributed by atoms with Crippen LogP contribution in [0.25, 0.3) is 0 Å². The molecule has 4 nitrogen and oxygen atoms in total. The van der Waals surface area contributed by atoms with Gasteiger partial charge in [0, 0.05) is 0 Å². The first kappa shape index (κ1) is 15.5. The molecular weight excluding hydrogens is 242 g/mol. The summed E-state index contributed by atoms with van der Waals surface area (Å²) in [5.41, 5.74) is 1.22. The van der Waals surface area contributed by atoms with Gasteiger partial charge in [-0.05, 0) is 37.6 Å². The van der Waals surface area contributed by atoms with Gasteiger partial charge in [0.25, 0.3) is 0 Å². The molecule has 0 radical (unpaired) electrons. The van der Waals surface area contributed by atoms with Crippen molar-refractivity contribution in [2.45, 2.75) is 33.2 Å². The summed E-state index contributed by atoms with van der Waals surface area (Å²) >= 11 is 0. The number of carbonyl (C=O) groups is 1. The second-order valence-electron chi connectivity index (χ2n) is 4.17. The van der Waals surface area contributed by atoms with Gasteiger partial charge in [0.15, 0.2) is 0 Å². The van der Waals surface area contributed by atoms with E-state index in [2.05, 4.69) is 18.3 Å². The SMILES string of the molecule is CCNC(COc1cccc(CC)c1)C(=O)OCC. The normalized spacial score (nSPS) is 11.9. The van der Waals surface area contributed by atoms with E-state index in [9.17, 15) is 4.79 Å². The number of esters is 1. The number of rotatable bonds is 8. The first-order valence-electron chi connectivity index (χ1n) is 6.83. The van der Waals surface area contributed by atoms with Gasteiger partial charge >= 0.3 is 5.97 Å². The summed E-state index contributed by atoms with van der Waals surface area (Å²) in [6.07, 6.45) is 0.964. The van der Waals surface area contributed by atoms with Gasteiger partial charge in [-0.1, -0.05) is 26.0 Å². The number of hydrogen-bond acceptors (Lipinski definition) is 4. The predicted octanol–water partition coefficient (Wildman–Crippen LogP) is 2.17. The molecule has 0 saturated carbocycles. The summed E-state index contributed by atoms with van der Waals surface area (Å²) in [7, 11) is 0. The maximum atomic E-state index is 11.7. The van der Waals surface area contributed by atoms with Gasteiger partial charge in [-0.25, -0.2) is 0 Å². The fourth-order valence-corrected chi connectivity index (χ4v) is 1.73. The Bertz CT molecular complexity index is 393. The number of likely N-dealkylation sites (N-methyl/N-ethyl adjacent to an activating group) is 1. The standard InChI is InChI=1S/C15H23NO3/c1-4-12-8-7-9-13(10-12)19-11-14(16-5-2)15(17)18-6-3/h7-10,14,16H,4-6,11H2,1-3H3. The largest absolute Gasteiger partial charge is 0.491 e. The third kappa shape index (κ3) is 5.30. The van der Waals surface area contributed by atoms with Crippen molar-refractivity contribution in [1.82, 2.24) is 5.32 Å². The van der Waals surface area contributed by atoms with Crippen LogP contribution in [0.5, 0.6) is 5.75 Å². The monoisotopic (exact) mass is 265 g/mol. The minimum atomic E-state index is -0.421. The van der Waals surface area contributed by atoms with Crippen molar-refractivity contribution in [3.05, 3.63) is 29.8 Å². The Morgan fingerprint density at radius 2 is 2.11 bits per heavy atom. The van der Waals surface area contributed by atoms with Crippen LogP contribution in [-0.2, 0) is 16.0 Å². The van der Waals surface area contributed by atoms with Crippen LogP contribution in [0.2, 0.25) is 0 Å². The van der Waals surface area contributed by atoms with Gasteiger partial charge in [-0.2, -0.15) is 0 Å². The Kier molecular flexibility index (Phi) is 6.97. The highest BCUT2D eigenvalue weighted by Gasteiger charge is 2.19. The van der Waals surface area contributed by atoms with Crippen LogP contribution in [0.1, 0.15) is 26.3 Å². The third-order valence-corrected chi connectivity index (χ3v) is 2.75. The molecule has 0 spiro atoms. The number of ether oxygens (including phenoxy) is 2. The van der Waals surface area contributed by atoms with Crippen molar-refractivity contribution in [2.24, 2.45) is 0 Å². The van der Waals surface area contributed by atoms with Crippen LogP contribution < -0.4 is 10.1 Å². The average Bonchev–Trinajstić information content (AvgIpc) is 2.44. The lowest BCUT2D eigenvalue weighted by Gasteiger charge is -2.17. The zero-order chi connectivity index (χ0) is 14.1. The number of carbonyl (C=O) groups excluding carboxylic acids is 1. The van der Waals surface area contributed by atoms with E-state index in [0.29, 0.717) is 13.2 Å². The molecule has 0 heterocycles. The Labute approximate surface area is 115 Å². The van der Waals surface area contributed by atoms with Crippen LogP contribution in [0, 0.1) is 0 Å². The quantitative estimate of drug-likeness (QED) is 0.732. The zero-order valence-electron chi connectivity index (χ0n) is 11.9. The van der Waals surface area contributed by atoms with Gasteiger partial charge in [0.1, 0.15) is 18.4 Å². The molecule has 0 aliphatic rings. The lowest BCUT2D eigenvalue weighted by Crippen LogP contribution is -2.42. The van der Waals surface area contributed by atoms with Crippen molar-refractivity contribution in [3.63, 3.8) is 0 Å². The van der Waals surface area contributed by atoms with Gasteiger partial charge < -0.3 is 14.8 Å². The van der Waals surface area contributed by atoms with E-state index < -0.39 is 6.04 Å². The third-order valence-electron chi connectivity index (χ3n) is 2.75. The van der Waals surface area contributed by atoms with Crippen LogP contribution in [0.4, 0.5) is 0 Å². The number of hydrogen-bond donors (Lipinski definition) is 1. The number of benzene rings is 1. The van der Waals surface area contributed by atoms with Crippen LogP contribution in [0.3, 0.4) is 0 Å². The molecule has 0 saturated heterocycles. The molecule has 1 atom stereocenters. The van der Waals surface area contributed by atoms with Crippen LogP contribution in [0.15, 0.2) is 24.3 Å². The molecule has 4 heteroatoms. The van der Waals surface area contributed by atoms with Crippen molar-refractivity contribution >= 4 is 5.97 Å².